The topological polar surface area (TPSA) is 38.3 Å². The molecule has 2 unspecified atom stereocenters. The summed E-state index contributed by atoms with van der Waals surface area (Å²) in [5.41, 5.74) is 2.42. The second-order valence-electron chi connectivity index (χ2n) is 5.79. The monoisotopic (exact) mass is 261 g/mol. The summed E-state index contributed by atoms with van der Waals surface area (Å²) < 4.78 is 5.12. The van der Waals surface area contributed by atoms with Crippen LogP contribution in [-0.2, 0) is 16.1 Å². The first kappa shape index (κ1) is 14.1. The molecule has 3 heteroatoms. The van der Waals surface area contributed by atoms with Gasteiger partial charge in [-0.15, -0.1) is 0 Å². The van der Waals surface area contributed by atoms with Crippen LogP contribution in [0.5, 0.6) is 0 Å². The van der Waals surface area contributed by atoms with Crippen LogP contribution in [0.25, 0.3) is 0 Å². The van der Waals surface area contributed by atoms with Gasteiger partial charge in [-0.3, -0.25) is 4.79 Å². The van der Waals surface area contributed by atoms with Gasteiger partial charge >= 0.3 is 0 Å². The molecule has 1 heterocycles. The summed E-state index contributed by atoms with van der Waals surface area (Å²) in [5.74, 6) is 1.08. The summed E-state index contributed by atoms with van der Waals surface area (Å²) in [6.45, 7) is 5.03. The van der Waals surface area contributed by atoms with E-state index in [1.165, 1.54) is 11.1 Å². The molecular weight excluding hydrogens is 238 g/mol. The smallest absolute Gasteiger partial charge is 0.220 e. The predicted molar refractivity (Wildman–Crippen MR) is 75.9 cm³/mol. The van der Waals surface area contributed by atoms with Crippen LogP contribution < -0.4 is 5.32 Å². The molecule has 1 aromatic carbocycles. The highest BCUT2D eigenvalue weighted by Crippen LogP contribution is 2.31. The maximum atomic E-state index is 11.7. The van der Waals surface area contributed by atoms with Gasteiger partial charge in [0.15, 0.2) is 0 Å². The lowest BCUT2D eigenvalue weighted by Gasteiger charge is -2.21. The highest BCUT2D eigenvalue weighted by atomic mass is 16.5. The van der Waals surface area contributed by atoms with Crippen LogP contribution in [0.3, 0.4) is 0 Å². The Morgan fingerprint density at radius 3 is 2.58 bits per heavy atom. The van der Waals surface area contributed by atoms with Crippen molar-refractivity contribution in [2.24, 2.45) is 5.92 Å². The lowest BCUT2D eigenvalue weighted by Crippen LogP contribution is -2.29. The number of nitrogens with one attached hydrogen (secondary N) is 1. The largest absolute Gasteiger partial charge is 0.380 e. The fraction of sp³-hybridized carbons (Fsp3) is 0.562. The van der Waals surface area contributed by atoms with Gasteiger partial charge in [0.25, 0.3) is 0 Å². The molecule has 2 rings (SSSR count). The molecule has 1 aromatic rings. The van der Waals surface area contributed by atoms with Gasteiger partial charge in [0.1, 0.15) is 0 Å². The fourth-order valence-corrected chi connectivity index (χ4v) is 2.82. The minimum absolute atomic E-state index is 0.177. The molecular formula is C16H23NO2. The van der Waals surface area contributed by atoms with E-state index in [1.807, 2.05) is 0 Å². The van der Waals surface area contributed by atoms with E-state index >= 15 is 0 Å². The molecule has 1 N–H and O–H groups in total. The van der Waals surface area contributed by atoms with E-state index in [1.54, 1.807) is 7.11 Å². The summed E-state index contributed by atoms with van der Waals surface area (Å²) >= 11 is 0. The predicted octanol–water partition coefficient (Wildman–Crippen LogP) is 2.85. The van der Waals surface area contributed by atoms with Gasteiger partial charge in [0.2, 0.25) is 5.91 Å². The number of hydrogen-bond donors (Lipinski definition) is 1. The Balaban J connectivity index is 2.12. The number of ether oxygens (including phenoxy) is 1. The van der Waals surface area contributed by atoms with Crippen molar-refractivity contribution in [1.29, 1.82) is 0 Å². The molecule has 0 aliphatic carbocycles. The first-order valence-electron chi connectivity index (χ1n) is 6.97. The molecule has 3 nitrogen and oxygen atoms in total. The van der Waals surface area contributed by atoms with E-state index in [2.05, 4.69) is 43.4 Å². The van der Waals surface area contributed by atoms with Crippen LogP contribution in [0.1, 0.15) is 43.7 Å². The Morgan fingerprint density at radius 1 is 1.32 bits per heavy atom. The average molecular weight is 261 g/mol. The minimum Gasteiger partial charge on any atom is -0.380 e. The Bertz CT molecular complexity index is 425. The second kappa shape index (κ2) is 6.20. The van der Waals surface area contributed by atoms with E-state index in [4.69, 9.17) is 4.74 Å². The van der Waals surface area contributed by atoms with Crippen LogP contribution in [0, 0.1) is 5.92 Å². The van der Waals surface area contributed by atoms with Crippen molar-refractivity contribution in [3.8, 4) is 0 Å². The summed E-state index contributed by atoms with van der Waals surface area (Å²) in [4.78, 5) is 11.7. The van der Waals surface area contributed by atoms with E-state index in [-0.39, 0.29) is 11.9 Å². The summed E-state index contributed by atoms with van der Waals surface area (Å²) in [7, 11) is 1.70. The van der Waals surface area contributed by atoms with Crippen molar-refractivity contribution >= 4 is 5.91 Å². The van der Waals surface area contributed by atoms with Gasteiger partial charge < -0.3 is 10.1 Å². The van der Waals surface area contributed by atoms with Gasteiger partial charge in [0.05, 0.1) is 6.61 Å². The summed E-state index contributed by atoms with van der Waals surface area (Å²) in [6, 6.07) is 8.72. The van der Waals surface area contributed by atoms with Crippen LogP contribution in [-0.4, -0.2) is 19.1 Å². The second-order valence-corrected chi connectivity index (χ2v) is 5.79. The van der Waals surface area contributed by atoms with Crippen molar-refractivity contribution in [2.45, 2.75) is 45.3 Å². The minimum atomic E-state index is 0.177. The highest BCUT2D eigenvalue weighted by Gasteiger charge is 2.33. The maximum absolute atomic E-state index is 11.7. The zero-order chi connectivity index (χ0) is 13.8. The number of methoxy groups -OCH3 is 1. The number of amides is 1. The molecule has 1 amide bonds. The van der Waals surface area contributed by atoms with E-state index in [0.29, 0.717) is 24.9 Å². The van der Waals surface area contributed by atoms with Gasteiger partial charge in [-0.2, -0.15) is 0 Å². The normalized spacial score (nSPS) is 22.8. The molecule has 1 saturated heterocycles. The lowest BCUT2D eigenvalue weighted by molar-refractivity contribution is -0.119. The van der Waals surface area contributed by atoms with E-state index < -0.39 is 0 Å². The number of carbonyl (C=O) groups excluding carboxylic acids is 1. The third kappa shape index (κ3) is 3.57. The van der Waals surface area contributed by atoms with Gasteiger partial charge in [-0.05, 0) is 23.5 Å². The molecule has 0 aromatic heterocycles. The molecule has 0 spiro atoms. The maximum Gasteiger partial charge on any atom is 0.220 e. The van der Waals surface area contributed by atoms with Crippen LogP contribution in [0.4, 0.5) is 0 Å². The first-order chi connectivity index (χ1) is 9.10. The molecule has 0 bridgehead atoms. The number of rotatable bonds is 5. The van der Waals surface area contributed by atoms with Crippen molar-refractivity contribution < 1.29 is 9.53 Å². The van der Waals surface area contributed by atoms with Crippen molar-refractivity contribution in [3.05, 3.63) is 35.4 Å². The SMILES string of the molecule is COCc1ccc(C2CC(=O)NC2CC(C)C)cc1. The van der Waals surface area contributed by atoms with E-state index in [9.17, 15) is 4.79 Å². The number of carbonyl (C=O) groups is 1. The molecule has 1 aliphatic heterocycles. The van der Waals surface area contributed by atoms with Crippen molar-refractivity contribution in [2.75, 3.05) is 7.11 Å². The van der Waals surface area contributed by atoms with Crippen LogP contribution in [0.2, 0.25) is 0 Å². The van der Waals surface area contributed by atoms with Gasteiger partial charge in [-0.1, -0.05) is 38.1 Å². The summed E-state index contributed by atoms with van der Waals surface area (Å²) in [6.07, 6.45) is 1.65. The standard InChI is InChI=1S/C16H23NO2/c1-11(2)8-15-14(9-16(18)17-15)13-6-4-12(5-7-13)10-19-3/h4-7,11,14-15H,8-10H2,1-3H3,(H,17,18). The Morgan fingerprint density at radius 2 is 2.00 bits per heavy atom. The highest BCUT2D eigenvalue weighted by molar-refractivity contribution is 5.80. The first-order valence-corrected chi connectivity index (χ1v) is 6.97. The zero-order valence-electron chi connectivity index (χ0n) is 12.0. The molecule has 19 heavy (non-hydrogen) atoms. The molecule has 1 aliphatic rings. The van der Waals surface area contributed by atoms with Gasteiger partial charge in [-0.25, -0.2) is 0 Å². The molecule has 0 saturated carbocycles. The van der Waals surface area contributed by atoms with Crippen molar-refractivity contribution in [1.82, 2.24) is 5.32 Å². The Kier molecular flexibility index (Phi) is 4.59. The zero-order valence-corrected chi connectivity index (χ0v) is 12.0. The Labute approximate surface area is 115 Å². The lowest BCUT2D eigenvalue weighted by atomic mass is 9.87. The Hall–Kier alpha value is -1.35. The quantitative estimate of drug-likeness (QED) is 0.885. The van der Waals surface area contributed by atoms with Crippen LogP contribution in [0.15, 0.2) is 24.3 Å². The number of hydrogen-bond acceptors (Lipinski definition) is 2. The third-order valence-electron chi connectivity index (χ3n) is 3.68. The molecule has 0 radical (unpaired) electrons. The van der Waals surface area contributed by atoms with Gasteiger partial charge in [0, 0.05) is 25.5 Å². The van der Waals surface area contributed by atoms with Crippen LogP contribution >= 0.6 is 0 Å². The van der Waals surface area contributed by atoms with Crippen molar-refractivity contribution in [3.63, 3.8) is 0 Å². The fourth-order valence-electron chi connectivity index (χ4n) is 2.82. The molecule has 1 fully saturated rings. The summed E-state index contributed by atoms with van der Waals surface area (Å²) in [5, 5.41) is 3.11. The average Bonchev–Trinajstić information content (AvgIpc) is 2.71. The van der Waals surface area contributed by atoms with E-state index in [0.717, 1.165) is 6.42 Å². The molecule has 104 valence electrons. The molecule has 2 atom stereocenters. The number of benzene rings is 1. The third-order valence-corrected chi connectivity index (χ3v) is 3.68.